The Kier molecular flexibility index (Phi) is 6.34. The topological polar surface area (TPSA) is 99.8 Å². The van der Waals surface area contributed by atoms with E-state index < -0.39 is 4.92 Å². The van der Waals surface area contributed by atoms with Crippen molar-refractivity contribution in [2.24, 2.45) is 4.99 Å². The van der Waals surface area contributed by atoms with Crippen LogP contribution in [0.2, 0.25) is 0 Å². The fourth-order valence-corrected chi connectivity index (χ4v) is 2.67. The Morgan fingerprint density at radius 3 is 2.78 bits per heavy atom. The van der Waals surface area contributed by atoms with Crippen LogP contribution in [0.25, 0.3) is 0 Å². The summed E-state index contributed by atoms with van der Waals surface area (Å²) >= 11 is 0. The molecule has 0 unspecified atom stereocenters. The van der Waals surface area contributed by atoms with Crippen molar-refractivity contribution in [3.63, 3.8) is 0 Å². The maximum atomic E-state index is 10.8. The summed E-state index contributed by atoms with van der Waals surface area (Å²) in [5.74, 6) is 0.709. The lowest BCUT2D eigenvalue weighted by Gasteiger charge is -2.27. The van der Waals surface area contributed by atoms with Gasteiger partial charge >= 0.3 is 0 Å². The van der Waals surface area contributed by atoms with E-state index >= 15 is 0 Å². The van der Waals surface area contributed by atoms with E-state index in [9.17, 15) is 15.2 Å². The van der Waals surface area contributed by atoms with Gasteiger partial charge in [-0.05, 0) is 38.2 Å². The molecule has 0 radical (unpaired) electrons. The molecule has 0 saturated heterocycles. The number of nitro groups is 1. The number of aliphatic imine (C=N–C) groups is 1. The largest absolute Gasteiger partial charge is 0.393 e. The van der Waals surface area contributed by atoms with Gasteiger partial charge in [0.15, 0.2) is 5.96 Å². The second-order valence-electron chi connectivity index (χ2n) is 5.77. The van der Waals surface area contributed by atoms with Crippen molar-refractivity contribution in [1.82, 2.24) is 10.6 Å². The number of nitrogens with zero attached hydrogens (tertiary/aromatic N) is 2. The van der Waals surface area contributed by atoms with E-state index in [2.05, 4.69) is 15.6 Å². The van der Waals surface area contributed by atoms with E-state index in [-0.39, 0.29) is 11.8 Å². The summed E-state index contributed by atoms with van der Waals surface area (Å²) in [5, 5.41) is 26.9. The Morgan fingerprint density at radius 1 is 1.39 bits per heavy atom. The number of nitro benzene ring substituents is 1. The van der Waals surface area contributed by atoms with E-state index in [0.29, 0.717) is 18.5 Å². The average molecular weight is 320 g/mol. The summed E-state index contributed by atoms with van der Waals surface area (Å²) in [6, 6.07) is 6.83. The lowest BCUT2D eigenvalue weighted by Crippen LogP contribution is -2.45. The van der Waals surface area contributed by atoms with Gasteiger partial charge in [-0.25, -0.2) is 4.99 Å². The van der Waals surface area contributed by atoms with Crippen molar-refractivity contribution in [3.05, 3.63) is 39.9 Å². The normalized spacial score (nSPS) is 21.7. The highest BCUT2D eigenvalue weighted by Crippen LogP contribution is 2.18. The molecule has 1 fully saturated rings. The average Bonchev–Trinajstić information content (AvgIpc) is 2.55. The number of nitrogens with one attached hydrogen (secondary N) is 2. The van der Waals surface area contributed by atoms with Crippen LogP contribution >= 0.6 is 0 Å². The zero-order chi connectivity index (χ0) is 16.7. The molecule has 7 heteroatoms. The highest BCUT2D eigenvalue weighted by Gasteiger charge is 2.19. The first-order valence-electron chi connectivity index (χ1n) is 8.04. The Balaban J connectivity index is 1.98. The van der Waals surface area contributed by atoms with Gasteiger partial charge in [-0.15, -0.1) is 0 Å². The quantitative estimate of drug-likeness (QED) is 0.333. The molecule has 0 aliphatic heterocycles. The fourth-order valence-electron chi connectivity index (χ4n) is 2.67. The molecule has 3 N–H and O–H groups in total. The Bertz CT molecular complexity index is 554. The molecule has 1 aliphatic carbocycles. The second-order valence-corrected chi connectivity index (χ2v) is 5.77. The van der Waals surface area contributed by atoms with Crippen molar-refractivity contribution < 1.29 is 10.0 Å². The highest BCUT2D eigenvalue weighted by molar-refractivity contribution is 5.80. The first-order chi connectivity index (χ1) is 11.1. The maximum absolute atomic E-state index is 10.8. The smallest absolute Gasteiger partial charge is 0.269 e. The second kappa shape index (κ2) is 8.47. The molecule has 1 aliphatic rings. The van der Waals surface area contributed by atoms with Gasteiger partial charge in [-0.1, -0.05) is 12.1 Å². The van der Waals surface area contributed by atoms with Crippen LogP contribution in [0.1, 0.15) is 38.2 Å². The molecular formula is C16H24N4O3. The van der Waals surface area contributed by atoms with Crippen LogP contribution in [0.4, 0.5) is 5.69 Å². The molecule has 0 bridgehead atoms. The maximum Gasteiger partial charge on any atom is 0.269 e. The van der Waals surface area contributed by atoms with Crippen LogP contribution in [0.3, 0.4) is 0 Å². The Hall–Kier alpha value is -2.15. The van der Waals surface area contributed by atoms with Gasteiger partial charge in [-0.2, -0.15) is 0 Å². The lowest BCUT2D eigenvalue weighted by molar-refractivity contribution is -0.384. The van der Waals surface area contributed by atoms with Crippen LogP contribution < -0.4 is 10.6 Å². The van der Waals surface area contributed by atoms with Crippen molar-refractivity contribution in [2.75, 3.05) is 6.54 Å². The van der Waals surface area contributed by atoms with E-state index in [1.807, 2.05) is 13.0 Å². The van der Waals surface area contributed by atoms with Gasteiger partial charge in [0.05, 0.1) is 17.6 Å². The first-order valence-corrected chi connectivity index (χ1v) is 8.04. The molecule has 1 aromatic rings. The summed E-state index contributed by atoms with van der Waals surface area (Å²) in [7, 11) is 0. The number of hydrogen-bond donors (Lipinski definition) is 3. The molecular weight excluding hydrogens is 296 g/mol. The van der Waals surface area contributed by atoms with Crippen molar-refractivity contribution >= 4 is 11.6 Å². The lowest BCUT2D eigenvalue weighted by atomic mass is 9.93. The first kappa shape index (κ1) is 17.2. The Morgan fingerprint density at radius 2 is 2.13 bits per heavy atom. The zero-order valence-electron chi connectivity index (χ0n) is 13.4. The molecule has 0 aromatic heterocycles. The molecule has 7 nitrogen and oxygen atoms in total. The number of guanidine groups is 1. The number of hydrogen-bond acceptors (Lipinski definition) is 4. The number of non-ortho nitro benzene ring substituents is 1. The predicted molar refractivity (Wildman–Crippen MR) is 89.3 cm³/mol. The minimum Gasteiger partial charge on any atom is -0.393 e. The molecule has 1 saturated carbocycles. The van der Waals surface area contributed by atoms with Gasteiger partial charge in [-0.3, -0.25) is 10.1 Å². The van der Waals surface area contributed by atoms with Gasteiger partial charge < -0.3 is 15.7 Å². The van der Waals surface area contributed by atoms with E-state index in [1.165, 1.54) is 6.07 Å². The molecule has 0 atom stereocenters. The van der Waals surface area contributed by atoms with Crippen molar-refractivity contribution in [2.45, 2.75) is 51.3 Å². The van der Waals surface area contributed by atoms with E-state index in [4.69, 9.17) is 0 Å². The standard InChI is InChI=1S/C16H24N4O3/c1-2-17-16(19-13-6-8-15(21)9-7-13)18-11-12-4-3-5-14(10-12)20(22)23/h3-5,10,13,15,21H,2,6-9,11H2,1H3,(H2,17,18,19). The third-order valence-corrected chi connectivity index (χ3v) is 3.92. The molecule has 2 rings (SSSR count). The third kappa shape index (κ3) is 5.52. The summed E-state index contributed by atoms with van der Waals surface area (Å²) in [6.07, 6.45) is 3.27. The number of aliphatic hydroxyl groups is 1. The Labute approximate surface area is 136 Å². The summed E-state index contributed by atoms with van der Waals surface area (Å²) in [4.78, 5) is 14.9. The number of benzene rings is 1. The zero-order valence-corrected chi connectivity index (χ0v) is 13.4. The SMILES string of the molecule is CCNC(=NCc1cccc([N+](=O)[O-])c1)NC1CCC(O)CC1. The highest BCUT2D eigenvalue weighted by atomic mass is 16.6. The molecule has 23 heavy (non-hydrogen) atoms. The van der Waals surface area contributed by atoms with Crippen LogP contribution in [0.15, 0.2) is 29.3 Å². The predicted octanol–water partition coefficient (Wildman–Crippen LogP) is 1.95. The van der Waals surface area contributed by atoms with E-state index in [1.54, 1.807) is 12.1 Å². The van der Waals surface area contributed by atoms with E-state index in [0.717, 1.165) is 37.8 Å². The van der Waals surface area contributed by atoms with Gasteiger partial charge in [0.1, 0.15) is 0 Å². The monoisotopic (exact) mass is 320 g/mol. The van der Waals surface area contributed by atoms with Crippen molar-refractivity contribution in [1.29, 1.82) is 0 Å². The molecule has 0 spiro atoms. The van der Waals surface area contributed by atoms with Crippen LogP contribution in [0.5, 0.6) is 0 Å². The summed E-state index contributed by atoms with van der Waals surface area (Å²) < 4.78 is 0. The molecule has 0 heterocycles. The number of aliphatic hydroxyl groups excluding tert-OH is 1. The third-order valence-electron chi connectivity index (χ3n) is 3.92. The van der Waals surface area contributed by atoms with Crippen LogP contribution in [0, 0.1) is 10.1 Å². The molecule has 0 amide bonds. The van der Waals surface area contributed by atoms with Gasteiger partial charge in [0.25, 0.3) is 5.69 Å². The van der Waals surface area contributed by atoms with Gasteiger partial charge in [0, 0.05) is 24.7 Å². The molecule has 126 valence electrons. The van der Waals surface area contributed by atoms with Gasteiger partial charge in [0.2, 0.25) is 0 Å². The number of rotatable bonds is 5. The van der Waals surface area contributed by atoms with Crippen LogP contribution in [-0.4, -0.2) is 34.7 Å². The fraction of sp³-hybridized carbons (Fsp3) is 0.562. The van der Waals surface area contributed by atoms with Crippen LogP contribution in [-0.2, 0) is 6.54 Å². The summed E-state index contributed by atoms with van der Waals surface area (Å²) in [6.45, 7) is 3.12. The molecule has 1 aromatic carbocycles. The minimum atomic E-state index is -0.399. The summed E-state index contributed by atoms with van der Waals surface area (Å²) in [5.41, 5.74) is 0.882. The minimum absolute atomic E-state index is 0.0805. The van der Waals surface area contributed by atoms with Crippen molar-refractivity contribution in [3.8, 4) is 0 Å².